The molecule has 3 N–H and O–H groups in total. The van der Waals surface area contributed by atoms with Crippen LogP contribution in [0.3, 0.4) is 0 Å². The van der Waals surface area contributed by atoms with E-state index in [1.165, 1.54) is 0 Å². The lowest BCUT2D eigenvalue weighted by atomic mass is 10.1. The van der Waals surface area contributed by atoms with Crippen molar-refractivity contribution in [1.29, 1.82) is 5.41 Å². The van der Waals surface area contributed by atoms with Gasteiger partial charge in [0.2, 0.25) is 0 Å². The predicted molar refractivity (Wildman–Crippen MR) is 97.0 cm³/mol. The Hall–Kier alpha value is -2.57. The second-order valence-corrected chi connectivity index (χ2v) is 7.66. The Morgan fingerprint density at radius 3 is 1.68 bits per heavy atom. The molecular weight excluding hydrogens is 322 g/mol. The average molecular weight is 349 g/mol. The Morgan fingerprint density at radius 1 is 0.960 bits per heavy atom. The van der Waals surface area contributed by atoms with Crippen molar-refractivity contribution in [2.24, 2.45) is 5.73 Å². The van der Waals surface area contributed by atoms with Crippen molar-refractivity contribution < 1.29 is 19.1 Å². The minimum atomic E-state index is -0.818. The van der Waals surface area contributed by atoms with Gasteiger partial charge in [-0.3, -0.25) is 5.41 Å². The van der Waals surface area contributed by atoms with Gasteiger partial charge in [0.1, 0.15) is 11.2 Å². The third-order valence-electron chi connectivity index (χ3n) is 2.74. The highest BCUT2D eigenvalue weighted by molar-refractivity contribution is 6.09. The minimum absolute atomic E-state index is 0.0314. The second-order valence-electron chi connectivity index (χ2n) is 7.66. The highest BCUT2D eigenvalue weighted by Gasteiger charge is 2.32. The number of carbonyl (C=O) groups excluding carboxylic acids is 2. The smallest absolute Gasteiger partial charge is 0.424 e. The number of hydrogen-bond donors (Lipinski definition) is 2. The number of anilines is 1. The van der Waals surface area contributed by atoms with Gasteiger partial charge < -0.3 is 15.2 Å². The zero-order chi connectivity index (χ0) is 19.4. The predicted octanol–water partition coefficient (Wildman–Crippen LogP) is 3.84. The number of amides is 2. The van der Waals surface area contributed by atoms with E-state index in [-0.39, 0.29) is 5.84 Å². The lowest BCUT2D eigenvalue weighted by Crippen LogP contribution is -2.43. The first-order valence-electron chi connectivity index (χ1n) is 7.96. The maximum Gasteiger partial charge on any atom is 0.424 e. The first kappa shape index (κ1) is 20.5. The molecule has 0 radical (unpaired) electrons. The summed E-state index contributed by atoms with van der Waals surface area (Å²) in [4.78, 5) is 25.9. The van der Waals surface area contributed by atoms with Crippen LogP contribution in [-0.2, 0) is 15.9 Å². The van der Waals surface area contributed by atoms with Crippen LogP contribution in [0, 0.1) is 5.41 Å². The van der Waals surface area contributed by atoms with E-state index in [9.17, 15) is 9.59 Å². The number of nitrogens with one attached hydrogen (secondary N) is 1. The molecule has 1 aromatic rings. The maximum absolute atomic E-state index is 12.5. The summed E-state index contributed by atoms with van der Waals surface area (Å²) in [6, 6.07) is 6.56. The molecule has 0 aliphatic rings. The number of nitrogens with two attached hydrogens (primary N) is 1. The van der Waals surface area contributed by atoms with Crippen molar-refractivity contribution in [3.05, 3.63) is 29.8 Å². The summed E-state index contributed by atoms with van der Waals surface area (Å²) >= 11 is 0. The van der Waals surface area contributed by atoms with Gasteiger partial charge in [-0.05, 0) is 59.2 Å². The van der Waals surface area contributed by atoms with Gasteiger partial charge in [-0.15, -0.1) is 0 Å². The largest absolute Gasteiger partial charge is 0.443 e. The molecule has 7 nitrogen and oxygen atoms in total. The van der Waals surface area contributed by atoms with Gasteiger partial charge in [-0.1, -0.05) is 12.1 Å². The minimum Gasteiger partial charge on any atom is -0.443 e. The van der Waals surface area contributed by atoms with Gasteiger partial charge in [0.15, 0.2) is 0 Å². The molecule has 0 bridgehead atoms. The SMILES string of the molecule is CC(C)(C)OC(=O)N(C(=O)OC(C)(C)C)c1ccc(CC(=N)N)cc1. The van der Waals surface area contributed by atoms with Crippen molar-refractivity contribution in [1.82, 2.24) is 0 Å². The van der Waals surface area contributed by atoms with Crippen molar-refractivity contribution in [2.45, 2.75) is 59.2 Å². The monoisotopic (exact) mass is 349 g/mol. The van der Waals surface area contributed by atoms with Crippen molar-refractivity contribution in [2.75, 3.05) is 4.90 Å². The molecule has 2 amide bonds. The molecule has 0 aliphatic carbocycles. The van der Waals surface area contributed by atoms with Crippen LogP contribution in [0.25, 0.3) is 0 Å². The van der Waals surface area contributed by atoms with Crippen molar-refractivity contribution in [3.8, 4) is 0 Å². The molecule has 0 heterocycles. The Morgan fingerprint density at radius 2 is 1.36 bits per heavy atom. The number of imide groups is 1. The number of carbonyl (C=O) groups is 2. The summed E-state index contributed by atoms with van der Waals surface area (Å²) in [5.74, 6) is 0.0314. The molecule has 0 atom stereocenters. The van der Waals surface area contributed by atoms with Gasteiger partial charge in [0.05, 0.1) is 11.5 Å². The molecule has 0 aromatic heterocycles. The fraction of sp³-hybridized carbons (Fsp3) is 0.500. The van der Waals surface area contributed by atoms with E-state index < -0.39 is 23.4 Å². The lowest BCUT2D eigenvalue weighted by molar-refractivity contribution is 0.0431. The van der Waals surface area contributed by atoms with Crippen LogP contribution in [0.5, 0.6) is 0 Å². The molecule has 7 heteroatoms. The fourth-order valence-corrected chi connectivity index (χ4v) is 1.88. The molecule has 1 rings (SSSR count). The van der Waals surface area contributed by atoms with Crippen molar-refractivity contribution in [3.63, 3.8) is 0 Å². The molecule has 0 saturated heterocycles. The molecule has 0 aliphatic heterocycles. The first-order chi connectivity index (χ1) is 11.3. The summed E-state index contributed by atoms with van der Waals surface area (Å²) in [6.45, 7) is 10.3. The highest BCUT2D eigenvalue weighted by Crippen LogP contribution is 2.22. The van der Waals surface area contributed by atoms with Crippen LogP contribution in [0.4, 0.5) is 15.3 Å². The molecular formula is C18H27N3O4. The molecule has 1 aromatic carbocycles. The number of nitrogens with zero attached hydrogens (tertiary/aromatic N) is 1. The molecule has 138 valence electrons. The van der Waals surface area contributed by atoms with Gasteiger partial charge in [-0.25, -0.2) is 9.59 Å². The van der Waals surface area contributed by atoms with Crippen LogP contribution >= 0.6 is 0 Å². The standard InChI is InChI=1S/C18H27N3O4/c1-17(2,3)24-15(22)21(16(23)25-18(4,5)6)13-9-7-12(8-10-13)11-14(19)20/h7-10H,11H2,1-6H3,(H3,19,20). The van der Waals surface area contributed by atoms with E-state index in [0.717, 1.165) is 10.5 Å². The topological polar surface area (TPSA) is 106 Å². The number of benzene rings is 1. The molecule has 0 fully saturated rings. The molecule has 25 heavy (non-hydrogen) atoms. The molecule has 0 spiro atoms. The Balaban J connectivity index is 3.15. The fourth-order valence-electron chi connectivity index (χ4n) is 1.88. The maximum atomic E-state index is 12.5. The van der Waals surface area contributed by atoms with E-state index >= 15 is 0 Å². The summed E-state index contributed by atoms with van der Waals surface area (Å²) in [5.41, 5.74) is 4.98. The third-order valence-corrected chi connectivity index (χ3v) is 2.74. The van der Waals surface area contributed by atoms with Crippen LogP contribution < -0.4 is 10.6 Å². The summed E-state index contributed by atoms with van der Waals surface area (Å²) < 4.78 is 10.6. The zero-order valence-corrected chi connectivity index (χ0v) is 15.7. The summed E-state index contributed by atoms with van der Waals surface area (Å²) in [5, 5.41) is 7.32. The van der Waals surface area contributed by atoms with Crippen LogP contribution in [0.15, 0.2) is 24.3 Å². The van der Waals surface area contributed by atoms with E-state index in [2.05, 4.69) is 0 Å². The van der Waals surface area contributed by atoms with Gasteiger partial charge in [0.25, 0.3) is 0 Å². The number of ether oxygens (including phenoxy) is 2. The number of rotatable bonds is 3. The number of hydrogen-bond acceptors (Lipinski definition) is 5. The normalized spacial score (nSPS) is 11.6. The zero-order valence-electron chi connectivity index (χ0n) is 15.7. The molecule has 0 saturated carbocycles. The van der Waals surface area contributed by atoms with E-state index in [1.807, 2.05) is 0 Å². The van der Waals surface area contributed by atoms with Crippen LogP contribution in [-0.4, -0.2) is 29.2 Å². The van der Waals surface area contributed by atoms with E-state index in [1.54, 1.807) is 65.8 Å². The molecule has 0 unspecified atom stereocenters. The van der Waals surface area contributed by atoms with Crippen molar-refractivity contribution >= 4 is 23.7 Å². The number of amidine groups is 1. The Labute approximate surface area is 148 Å². The van der Waals surface area contributed by atoms with Gasteiger partial charge in [0, 0.05) is 6.42 Å². The quantitative estimate of drug-likeness (QED) is 0.637. The third kappa shape index (κ3) is 7.24. The Bertz CT molecular complexity index is 612. The highest BCUT2D eigenvalue weighted by atomic mass is 16.6. The van der Waals surface area contributed by atoms with E-state index in [0.29, 0.717) is 12.1 Å². The average Bonchev–Trinajstić information content (AvgIpc) is 2.36. The lowest BCUT2D eigenvalue weighted by Gasteiger charge is -2.28. The Kier molecular flexibility index (Phi) is 6.18. The first-order valence-corrected chi connectivity index (χ1v) is 7.96. The second kappa shape index (κ2) is 7.55. The van der Waals surface area contributed by atoms with Gasteiger partial charge >= 0.3 is 12.2 Å². The van der Waals surface area contributed by atoms with Gasteiger partial charge in [-0.2, -0.15) is 4.90 Å². The summed E-state index contributed by atoms with van der Waals surface area (Å²) in [7, 11) is 0. The van der Waals surface area contributed by atoms with E-state index in [4.69, 9.17) is 20.6 Å². The van der Waals surface area contributed by atoms with Crippen LogP contribution in [0.1, 0.15) is 47.1 Å². The summed E-state index contributed by atoms with van der Waals surface area (Å²) in [6.07, 6.45) is -1.35. The van der Waals surface area contributed by atoms with Crippen LogP contribution in [0.2, 0.25) is 0 Å².